The average Bonchev–Trinajstić information content (AvgIpc) is 3.00. The number of rotatable bonds is 3. The van der Waals surface area contributed by atoms with E-state index >= 15 is 0 Å². The second-order valence-electron chi connectivity index (χ2n) is 4.75. The van der Waals surface area contributed by atoms with Gasteiger partial charge < -0.3 is 5.43 Å². The minimum Gasteiger partial charge on any atom is -0.308 e. The van der Waals surface area contributed by atoms with Gasteiger partial charge in [-0.3, -0.25) is 0 Å². The fourth-order valence-electron chi connectivity index (χ4n) is 2.20. The molecule has 0 unspecified atom stereocenters. The Balaban J connectivity index is 2.07. The topological polar surface area (TPSA) is 81.6 Å². The van der Waals surface area contributed by atoms with Crippen LogP contribution in [0.5, 0.6) is 0 Å². The van der Waals surface area contributed by atoms with Gasteiger partial charge in [-0.25, -0.2) is 20.5 Å². The number of anilines is 1. The van der Waals surface area contributed by atoms with Crippen LogP contribution in [0, 0.1) is 13.8 Å². The van der Waals surface area contributed by atoms with Crippen LogP contribution in [0.1, 0.15) is 11.4 Å². The molecule has 0 aliphatic rings. The lowest BCUT2D eigenvalue weighted by Gasteiger charge is -2.10. The zero-order chi connectivity index (χ0) is 14.8. The molecule has 2 aromatic heterocycles. The van der Waals surface area contributed by atoms with Crippen LogP contribution in [0.2, 0.25) is 0 Å². The third kappa shape index (κ3) is 2.48. The first-order chi connectivity index (χ1) is 10.2. The quantitative estimate of drug-likeness (QED) is 0.568. The summed E-state index contributed by atoms with van der Waals surface area (Å²) in [5, 5.41) is 4.40. The summed E-state index contributed by atoms with van der Waals surface area (Å²) in [7, 11) is 0. The Labute approximate surface area is 122 Å². The van der Waals surface area contributed by atoms with Gasteiger partial charge in [0.15, 0.2) is 5.82 Å². The van der Waals surface area contributed by atoms with Gasteiger partial charge in [0, 0.05) is 17.3 Å². The molecule has 0 aliphatic heterocycles. The highest BCUT2D eigenvalue weighted by Gasteiger charge is 2.12. The van der Waals surface area contributed by atoms with Gasteiger partial charge in [0.2, 0.25) is 0 Å². The van der Waals surface area contributed by atoms with Crippen molar-refractivity contribution in [3.8, 4) is 16.9 Å². The molecular weight excluding hydrogens is 264 g/mol. The smallest absolute Gasteiger partial charge is 0.162 e. The molecule has 0 bridgehead atoms. The van der Waals surface area contributed by atoms with E-state index in [4.69, 9.17) is 5.84 Å². The van der Waals surface area contributed by atoms with Crippen LogP contribution in [-0.4, -0.2) is 19.7 Å². The zero-order valence-corrected chi connectivity index (χ0v) is 11.9. The molecule has 0 fully saturated rings. The van der Waals surface area contributed by atoms with Crippen LogP contribution in [0.3, 0.4) is 0 Å². The lowest BCUT2D eigenvalue weighted by atomic mass is 10.1. The molecule has 2 heterocycles. The highest BCUT2D eigenvalue weighted by atomic mass is 15.3. The molecule has 6 heteroatoms. The number of nitrogen functional groups attached to an aromatic ring is 1. The van der Waals surface area contributed by atoms with E-state index in [9.17, 15) is 0 Å². The normalized spacial score (nSPS) is 10.6. The van der Waals surface area contributed by atoms with E-state index in [0.29, 0.717) is 11.6 Å². The fourth-order valence-corrected chi connectivity index (χ4v) is 2.20. The van der Waals surface area contributed by atoms with Crippen LogP contribution >= 0.6 is 0 Å². The maximum absolute atomic E-state index is 5.49. The van der Waals surface area contributed by atoms with Gasteiger partial charge in [0.25, 0.3) is 0 Å². The lowest BCUT2D eigenvalue weighted by Crippen LogP contribution is -2.14. The third-order valence-electron chi connectivity index (χ3n) is 3.28. The Kier molecular flexibility index (Phi) is 3.37. The fraction of sp³-hybridized carbons (Fsp3) is 0.133. The van der Waals surface area contributed by atoms with Crippen molar-refractivity contribution in [3.63, 3.8) is 0 Å². The number of nitrogens with zero attached hydrogens (tertiary/aromatic N) is 4. The Morgan fingerprint density at radius 1 is 1.05 bits per heavy atom. The molecule has 0 amide bonds. The maximum atomic E-state index is 5.49. The summed E-state index contributed by atoms with van der Waals surface area (Å²) in [6.07, 6.45) is 3.77. The van der Waals surface area contributed by atoms with E-state index in [0.717, 1.165) is 22.5 Å². The SMILES string of the molecule is Cc1nc(NN)c(C)c(-n2cc(-c3ccccc3)cn2)n1. The predicted octanol–water partition coefficient (Wildman–Crippen LogP) is 2.23. The van der Waals surface area contributed by atoms with Crippen molar-refractivity contribution in [2.75, 3.05) is 5.43 Å². The van der Waals surface area contributed by atoms with Gasteiger partial charge in [-0.1, -0.05) is 30.3 Å². The first-order valence-corrected chi connectivity index (χ1v) is 6.61. The summed E-state index contributed by atoms with van der Waals surface area (Å²) < 4.78 is 1.74. The number of hydrogen-bond donors (Lipinski definition) is 2. The van der Waals surface area contributed by atoms with Crippen molar-refractivity contribution < 1.29 is 0 Å². The summed E-state index contributed by atoms with van der Waals surface area (Å²) in [5.74, 6) is 7.46. The third-order valence-corrected chi connectivity index (χ3v) is 3.28. The first-order valence-electron chi connectivity index (χ1n) is 6.61. The van der Waals surface area contributed by atoms with Gasteiger partial charge in [-0.15, -0.1) is 0 Å². The number of hydrogen-bond acceptors (Lipinski definition) is 5. The molecule has 106 valence electrons. The van der Waals surface area contributed by atoms with E-state index in [-0.39, 0.29) is 0 Å². The largest absolute Gasteiger partial charge is 0.308 e. The maximum Gasteiger partial charge on any atom is 0.162 e. The highest BCUT2D eigenvalue weighted by Crippen LogP contribution is 2.22. The van der Waals surface area contributed by atoms with E-state index in [1.807, 2.05) is 56.6 Å². The number of benzene rings is 1. The summed E-state index contributed by atoms with van der Waals surface area (Å²) >= 11 is 0. The van der Waals surface area contributed by atoms with Crippen molar-refractivity contribution in [2.24, 2.45) is 5.84 Å². The summed E-state index contributed by atoms with van der Waals surface area (Å²) in [6, 6.07) is 10.1. The van der Waals surface area contributed by atoms with Crippen LogP contribution < -0.4 is 11.3 Å². The van der Waals surface area contributed by atoms with E-state index in [1.165, 1.54) is 0 Å². The summed E-state index contributed by atoms with van der Waals surface area (Å²) in [5.41, 5.74) is 5.60. The number of nitrogens with one attached hydrogen (secondary N) is 1. The minimum absolute atomic E-state index is 0.606. The van der Waals surface area contributed by atoms with Gasteiger partial charge in [-0.2, -0.15) is 5.10 Å². The molecule has 1 aromatic carbocycles. The van der Waals surface area contributed by atoms with Crippen LogP contribution in [-0.2, 0) is 0 Å². The van der Waals surface area contributed by atoms with Gasteiger partial charge in [-0.05, 0) is 19.4 Å². The molecule has 0 aliphatic carbocycles. The van der Waals surface area contributed by atoms with Crippen molar-refractivity contribution in [1.29, 1.82) is 0 Å². The second-order valence-corrected chi connectivity index (χ2v) is 4.75. The van der Waals surface area contributed by atoms with Crippen molar-refractivity contribution >= 4 is 5.82 Å². The van der Waals surface area contributed by atoms with Crippen molar-refractivity contribution in [3.05, 3.63) is 54.1 Å². The van der Waals surface area contributed by atoms with Gasteiger partial charge in [0.1, 0.15) is 11.6 Å². The lowest BCUT2D eigenvalue weighted by molar-refractivity contribution is 0.818. The summed E-state index contributed by atoms with van der Waals surface area (Å²) in [6.45, 7) is 3.74. The predicted molar refractivity (Wildman–Crippen MR) is 81.9 cm³/mol. The first kappa shape index (κ1) is 13.3. The van der Waals surface area contributed by atoms with Gasteiger partial charge >= 0.3 is 0 Å². The zero-order valence-electron chi connectivity index (χ0n) is 11.9. The van der Waals surface area contributed by atoms with Crippen LogP contribution in [0.25, 0.3) is 16.9 Å². The Morgan fingerprint density at radius 3 is 2.52 bits per heavy atom. The van der Waals surface area contributed by atoms with Crippen LogP contribution in [0.4, 0.5) is 5.82 Å². The standard InChI is InChI=1S/C15H16N6/c1-10-14(20-16)18-11(2)19-15(10)21-9-13(8-17-21)12-6-4-3-5-7-12/h3-9H,16H2,1-2H3,(H,18,19,20). The molecule has 3 rings (SSSR count). The van der Waals surface area contributed by atoms with Crippen molar-refractivity contribution in [2.45, 2.75) is 13.8 Å². The molecule has 3 N–H and O–H groups in total. The Bertz CT molecular complexity index is 763. The highest BCUT2D eigenvalue weighted by molar-refractivity contribution is 5.62. The molecule has 3 aromatic rings. The number of aryl methyl sites for hydroxylation is 1. The molecule has 0 spiro atoms. The second kappa shape index (κ2) is 5.34. The number of nitrogens with two attached hydrogens (primary N) is 1. The van der Waals surface area contributed by atoms with Crippen molar-refractivity contribution in [1.82, 2.24) is 19.7 Å². The molecule has 6 nitrogen and oxygen atoms in total. The molecule has 21 heavy (non-hydrogen) atoms. The monoisotopic (exact) mass is 280 g/mol. The molecular formula is C15H16N6. The number of hydrazine groups is 1. The molecule has 0 saturated carbocycles. The molecule has 0 atom stereocenters. The summed E-state index contributed by atoms with van der Waals surface area (Å²) in [4.78, 5) is 8.71. The Morgan fingerprint density at radius 2 is 1.81 bits per heavy atom. The number of aromatic nitrogens is 4. The Hall–Kier alpha value is -2.73. The van der Waals surface area contributed by atoms with E-state index in [1.54, 1.807) is 4.68 Å². The van der Waals surface area contributed by atoms with E-state index in [2.05, 4.69) is 20.5 Å². The van der Waals surface area contributed by atoms with Crippen LogP contribution in [0.15, 0.2) is 42.7 Å². The molecule has 0 saturated heterocycles. The van der Waals surface area contributed by atoms with Gasteiger partial charge in [0.05, 0.1) is 6.20 Å². The average molecular weight is 280 g/mol. The minimum atomic E-state index is 0.606. The van der Waals surface area contributed by atoms with E-state index < -0.39 is 0 Å². The molecule has 0 radical (unpaired) electrons.